The van der Waals surface area contributed by atoms with E-state index >= 15 is 0 Å². The lowest BCUT2D eigenvalue weighted by atomic mass is 10.1. The van der Waals surface area contributed by atoms with Crippen LogP contribution >= 0.6 is 11.3 Å². The van der Waals surface area contributed by atoms with Gasteiger partial charge in [0.1, 0.15) is 7.05 Å². The minimum absolute atomic E-state index is 0.893. The van der Waals surface area contributed by atoms with Gasteiger partial charge in [-0.05, 0) is 22.8 Å². The molecule has 0 fully saturated rings. The van der Waals surface area contributed by atoms with Gasteiger partial charge in [-0.15, -0.1) is 0 Å². The molecule has 1 nitrogen and oxygen atoms in total. The average Bonchev–Trinajstić information content (AvgIpc) is 2.75. The van der Waals surface area contributed by atoms with Gasteiger partial charge in [0, 0.05) is 16.5 Å². The molecular formula is C25H22NS+. The molecule has 0 spiro atoms. The minimum Gasteiger partial charge on any atom is -0.219 e. The fourth-order valence-corrected chi connectivity index (χ4v) is 4.22. The smallest absolute Gasteiger partial charge is 0.219 e. The van der Waals surface area contributed by atoms with Crippen LogP contribution in [0.3, 0.4) is 0 Å². The Hall–Kier alpha value is -2.97. The van der Waals surface area contributed by atoms with Gasteiger partial charge in [-0.1, -0.05) is 102 Å². The SMILES string of the molecule is C[N+](Cc1ccccc1)=c1cc(-c2ccccc2)cc(-c2ccccc2)s1. The Morgan fingerprint density at radius 3 is 1.81 bits per heavy atom. The lowest BCUT2D eigenvalue weighted by molar-refractivity contribution is 0.680. The maximum atomic E-state index is 2.33. The molecule has 0 aliphatic carbocycles. The second kappa shape index (κ2) is 8.15. The van der Waals surface area contributed by atoms with E-state index < -0.39 is 0 Å². The predicted molar refractivity (Wildman–Crippen MR) is 117 cm³/mol. The van der Waals surface area contributed by atoms with Crippen LogP contribution in [0.1, 0.15) is 5.56 Å². The van der Waals surface area contributed by atoms with Crippen molar-refractivity contribution < 1.29 is 0 Å². The Morgan fingerprint density at radius 2 is 1.19 bits per heavy atom. The molecule has 27 heavy (non-hydrogen) atoms. The third-order valence-corrected chi connectivity index (χ3v) is 5.80. The average molecular weight is 369 g/mol. The number of benzene rings is 3. The zero-order valence-electron chi connectivity index (χ0n) is 15.4. The molecule has 0 aliphatic heterocycles. The topological polar surface area (TPSA) is 3.01 Å². The lowest BCUT2D eigenvalue weighted by Crippen LogP contribution is -2.23. The summed E-state index contributed by atoms with van der Waals surface area (Å²) in [6, 6.07) is 36.5. The largest absolute Gasteiger partial charge is 0.257 e. The van der Waals surface area contributed by atoms with Crippen LogP contribution in [0.2, 0.25) is 0 Å². The monoisotopic (exact) mass is 368 g/mol. The van der Waals surface area contributed by atoms with Crippen molar-refractivity contribution in [2.45, 2.75) is 6.54 Å². The van der Waals surface area contributed by atoms with Gasteiger partial charge in [-0.3, -0.25) is 0 Å². The zero-order valence-corrected chi connectivity index (χ0v) is 16.2. The highest BCUT2D eigenvalue weighted by Crippen LogP contribution is 2.27. The molecule has 0 radical (unpaired) electrons. The van der Waals surface area contributed by atoms with Crippen molar-refractivity contribution in [2.75, 3.05) is 7.05 Å². The Bertz CT molecular complexity index is 1020. The quantitative estimate of drug-likeness (QED) is 0.407. The summed E-state index contributed by atoms with van der Waals surface area (Å²) in [4.78, 5) is 1.28. The molecule has 4 aromatic rings. The Morgan fingerprint density at radius 1 is 0.630 bits per heavy atom. The summed E-state index contributed by atoms with van der Waals surface area (Å²) in [5.74, 6) is 0. The molecule has 1 aromatic heterocycles. The first kappa shape index (κ1) is 17.4. The van der Waals surface area contributed by atoms with E-state index in [0.29, 0.717) is 0 Å². The lowest BCUT2D eigenvalue weighted by Gasteiger charge is -2.06. The van der Waals surface area contributed by atoms with Crippen molar-refractivity contribution in [2.24, 2.45) is 0 Å². The van der Waals surface area contributed by atoms with Crippen LogP contribution in [0.15, 0.2) is 103 Å². The first-order chi connectivity index (χ1) is 13.3. The number of hydrogen-bond acceptors (Lipinski definition) is 1. The summed E-state index contributed by atoms with van der Waals surface area (Å²) in [6.07, 6.45) is 0. The molecule has 0 saturated heterocycles. The Labute approximate surface area is 164 Å². The minimum atomic E-state index is 0.893. The van der Waals surface area contributed by atoms with E-state index in [1.807, 2.05) is 11.3 Å². The highest BCUT2D eigenvalue weighted by molar-refractivity contribution is 7.12. The molecule has 0 amide bonds. The van der Waals surface area contributed by atoms with E-state index in [2.05, 4.69) is 115 Å². The first-order valence-electron chi connectivity index (χ1n) is 9.14. The molecule has 3 aromatic carbocycles. The van der Waals surface area contributed by atoms with Crippen molar-refractivity contribution in [3.63, 3.8) is 0 Å². The third kappa shape index (κ3) is 4.24. The number of nitrogens with zero attached hydrogens (tertiary/aromatic N) is 1. The van der Waals surface area contributed by atoms with E-state index in [9.17, 15) is 0 Å². The molecule has 1 heterocycles. The summed E-state index contributed by atoms with van der Waals surface area (Å²) in [6.45, 7) is 0.893. The summed E-state index contributed by atoms with van der Waals surface area (Å²) in [5.41, 5.74) is 5.08. The van der Waals surface area contributed by atoms with Gasteiger partial charge in [-0.2, -0.15) is 0 Å². The fourth-order valence-electron chi connectivity index (χ4n) is 3.15. The van der Waals surface area contributed by atoms with E-state index in [4.69, 9.17) is 0 Å². The third-order valence-electron chi connectivity index (χ3n) is 4.58. The summed E-state index contributed by atoms with van der Waals surface area (Å²) in [5, 5.41) is 0. The maximum absolute atomic E-state index is 2.33. The van der Waals surface area contributed by atoms with Gasteiger partial charge >= 0.3 is 0 Å². The molecule has 0 saturated carbocycles. The van der Waals surface area contributed by atoms with Gasteiger partial charge < -0.3 is 0 Å². The summed E-state index contributed by atoms with van der Waals surface area (Å²) < 4.78 is 3.60. The van der Waals surface area contributed by atoms with E-state index in [0.717, 1.165) is 6.54 Å². The molecule has 132 valence electrons. The predicted octanol–water partition coefficient (Wildman–Crippen LogP) is 5.68. The van der Waals surface area contributed by atoms with Crippen LogP contribution < -0.4 is 9.25 Å². The normalized spacial score (nSPS) is 11.9. The van der Waals surface area contributed by atoms with Crippen molar-refractivity contribution in [3.8, 4) is 21.6 Å². The highest BCUT2D eigenvalue weighted by Gasteiger charge is 2.09. The van der Waals surface area contributed by atoms with E-state index in [1.165, 1.54) is 31.8 Å². The zero-order chi connectivity index (χ0) is 18.5. The van der Waals surface area contributed by atoms with Crippen LogP contribution in [0.4, 0.5) is 0 Å². The molecule has 0 aliphatic rings. The molecular weight excluding hydrogens is 346 g/mol. The molecule has 0 atom stereocenters. The second-order valence-electron chi connectivity index (χ2n) is 6.62. The molecule has 2 heteroatoms. The number of hydrogen-bond donors (Lipinski definition) is 0. The first-order valence-corrected chi connectivity index (χ1v) is 9.95. The van der Waals surface area contributed by atoms with Gasteiger partial charge in [0.15, 0.2) is 6.54 Å². The Balaban J connectivity index is 1.87. The van der Waals surface area contributed by atoms with Crippen LogP contribution in [-0.2, 0) is 6.54 Å². The Kier molecular flexibility index (Phi) is 5.27. The van der Waals surface area contributed by atoms with Crippen molar-refractivity contribution in [1.82, 2.24) is 4.58 Å². The molecule has 0 N–H and O–H groups in total. The maximum Gasteiger partial charge on any atom is 0.257 e. The van der Waals surface area contributed by atoms with Crippen molar-refractivity contribution >= 4 is 11.3 Å². The fraction of sp³-hybridized carbons (Fsp3) is 0.0800. The molecule has 0 unspecified atom stereocenters. The van der Waals surface area contributed by atoms with Gasteiger partial charge in [0.05, 0.1) is 0 Å². The summed E-state index contributed by atoms with van der Waals surface area (Å²) >= 11 is 1.84. The van der Waals surface area contributed by atoms with Crippen molar-refractivity contribution in [1.29, 1.82) is 0 Å². The van der Waals surface area contributed by atoms with Crippen LogP contribution in [0, 0.1) is 0 Å². The van der Waals surface area contributed by atoms with Gasteiger partial charge in [0.25, 0.3) is 4.67 Å². The van der Waals surface area contributed by atoms with E-state index in [1.54, 1.807) is 0 Å². The highest BCUT2D eigenvalue weighted by atomic mass is 32.1. The van der Waals surface area contributed by atoms with Crippen molar-refractivity contribution in [3.05, 3.63) is 113 Å². The summed E-state index contributed by atoms with van der Waals surface area (Å²) in [7, 11) is 2.17. The molecule has 0 bridgehead atoms. The van der Waals surface area contributed by atoms with Crippen LogP contribution in [0.25, 0.3) is 21.6 Å². The second-order valence-corrected chi connectivity index (χ2v) is 7.68. The van der Waals surface area contributed by atoms with Crippen LogP contribution in [-0.4, -0.2) is 7.05 Å². The van der Waals surface area contributed by atoms with Crippen LogP contribution in [0.5, 0.6) is 0 Å². The van der Waals surface area contributed by atoms with Gasteiger partial charge in [0.2, 0.25) is 0 Å². The molecule has 4 rings (SSSR count). The van der Waals surface area contributed by atoms with Gasteiger partial charge in [-0.25, -0.2) is 4.58 Å². The standard InChI is InChI=1S/C25H22NS/c1-26(19-20-11-5-2-6-12-20)25-18-23(21-13-7-3-8-14-21)17-24(27-25)22-15-9-4-10-16-22/h2-18H,19H2,1H3/q+1. The van der Waals surface area contributed by atoms with E-state index in [-0.39, 0.29) is 0 Å². The number of rotatable bonds is 4.